The summed E-state index contributed by atoms with van der Waals surface area (Å²) < 4.78 is 6.02. The summed E-state index contributed by atoms with van der Waals surface area (Å²) in [6, 6.07) is 15.7. The second kappa shape index (κ2) is 14.6. The molecule has 0 saturated carbocycles. The second-order valence-electron chi connectivity index (χ2n) is 9.09. The van der Waals surface area contributed by atoms with E-state index in [-0.39, 0.29) is 42.4 Å². The van der Waals surface area contributed by atoms with Crippen molar-refractivity contribution >= 4 is 81.8 Å². The highest BCUT2D eigenvalue weighted by atomic mass is 35.5. The van der Waals surface area contributed by atoms with Gasteiger partial charge in [-0.25, -0.2) is 4.98 Å². The highest BCUT2D eigenvalue weighted by molar-refractivity contribution is 6.38. The third kappa shape index (κ3) is 8.19. The molecule has 9 nitrogen and oxygen atoms in total. The summed E-state index contributed by atoms with van der Waals surface area (Å²) in [6.07, 6.45) is 4.61. The summed E-state index contributed by atoms with van der Waals surface area (Å²) in [4.78, 5) is 46.5. The molecule has 0 aliphatic rings. The van der Waals surface area contributed by atoms with Crippen LogP contribution in [-0.4, -0.2) is 41.3 Å². The van der Waals surface area contributed by atoms with E-state index in [4.69, 9.17) is 27.9 Å². The Morgan fingerprint density at radius 3 is 2.50 bits per heavy atom. The Hall–Kier alpha value is -4.18. The number of nitrogens with one attached hydrogen (secondary N) is 2. The Labute approximate surface area is 259 Å². The lowest BCUT2D eigenvalue weighted by atomic mass is 10.2. The average Bonchev–Trinajstić information content (AvgIpc) is 2.95. The van der Waals surface area contributed by atoms with E-state index in [2.05, 4.69) is 20.6 Å². The molecular formula is C30H28Cl3N5O4. The van der Waals surface area contributed by atoms with E-state index in [0.29, 0.717) is 38.7 Å². The molecule has 0 atom stereocenters. The van der Waals surface area contributed by atoms with Gasteiger partial charge in [0.1, 0.15) is 17.9 Å². The lowest BCUT2D eigenvalue weighted by molar-refractivity contribution is -0.122. The van der Waals surface area contributed by atoms with Crippen LogP contribution < -0.4 is 20.3 Å². The van der Waals surface area contributed by atoms with Crippen molar-refractivity contribution in [3.05, 3.63) is 93.7 Å². The van der Waals surface area contributed by atoms with Crippen molar-refractivity contribution in [2.45, 2.75) is 20.5 Å². The summed E-state index contributed by atoms with van der Waals surface area (Å²) in [7, 11) is 1.56. The normalized spacial score (nSPS) is 10.7. The quantitative estimate of drug-likeness (QED) is 0.220. The van der Waals surface area contributed by atoms with Gasteiger partial charge < -0.3 is 20.3 Å². The number of nitrogens with zero attached hydrogens (tertiary/aromatic N) is 3. The van der Waals surface area contributed by atoms with Gasteiger partial charge in [0, 0.05) is 42.5 Å². The predicted octanol–water partition coefficient (Wildman–Crippen LogP) is 6.00. The molecule has 3 aromatic carbocycles. The number of carbonyl (C=O) groups excluding carboxylic acids is 3. The summed E-state index contributed by atoms with van der Waals surface area (Å²) >= 11 is 13.1. The minimum Gasteiger partial charge on any atom is -0.486 e. The molecule has 218 valence electrons. The van der Waals surface area contributed by atoms with E-state index in [1.165, 1.54) is 17.9 Å². The maximum absolute atomic E-state index is 12.9. The monoisotopic (exact) mass is 627 g/mol. The van der Waals surface area contributed by atoms with Gasteiger partial charge in [-0.3, -0.25) is 19.4 Å². The van der Waals surface area contributed by atoms with Crippen LogP contribution in [-0.2, 0) is 21.0 Å². The molecule has 1 heterocycles. The molecule has 0 aliphatic heterocycles. The molecule has 4 aromatic rings. The third-order valence-electron chi connectivity index (χ3n) is 6.00. The van der Waals surface area contributed by atoms with Crippen molar-refractivity contribution in [1.29, 1.82) is 0 Å². The highest BCUT2D eigenvalue weighted by Gasteiger charge is 2.19. The van der Waals surface area contributed by atoms with Gasteiger partial charge in [0.2, 0.25) is 17.7 Å². The first-order valence-corrected chi connectivity index (χ1v) is 13.3. The second-order valence-corrected chi connectivity index (χ2v) is 9.88. The van der Waals surface area contributed by atoms with Gasteiger partial charge >= 0.3 is 0 Å². The minimum absolute atomic E-state index is 0. The van der Waals surface area contributed by atoms with Crippen molar-refractivity contribution in [2.75, 3.05) is 23.8 Å². The lowest BCUT2D eigenvalue weighted by Gasteiger charge is -2.21. The van der Waals surface area contributed by atoms with E-state index in [1.807, 2.05) is 19.1 Å². The number of amides is 3. The van der Waals surface area contributed by atoms with Crippen molar-refractivity contribution in [1.82, 2.24) is 15.3 Å². The molecular weight excluding hydrogens is 601 g/mol. The van der Waals surface area contributed by atoms with Crippen LogP contribution in [0.25, 0.3) is 17.1 Å². The Kier molecular flexibility index (Phi) is 11.3. The van der Waals surface area contributed by atoms with Gasteiger partial charge in [-0.15, -0.1) is 12.4 Å². The Balaban J connectivity index is 0.00000484. The first-order valence-electron chi connectivity index (χ1n) is 12.5. The number of fused-ring (bicyclic) bond motifs is 1. The number of likely N-dealkylation sites (N-methyl/N-ethyl adjacent to an activating group) is 1. The fourth-order valence-electron chi connectivity index (χ4n) is 3.87. The highest BCUT2D eigenvalue weighted by Crippen LogP contribution is 2.35. The molecule has 2 N–H and O–H groups in total. The molecule has 4 rings (SSSR count). The summed E-state index contributed by atoms with van der Waals surface area (Å²) in [5, 5.41) is 5.88. The predicted molar refractivity (Wildman–Crippen MR) is 169 cm³/mol. The number of ether oxygens (including phenoxy) is 1. The van der Waals surface area contributed by atoms with E-state index >= 15 is 0 Å². The molecule has 0 unspecified atom stereocenters. The number of hydrogen-bond acceptors (Lipinski definition) is 6. The fraction of sp³-hybridized carbons (Fsp3) is 0.167. The summed E-state index contributed by atoms with van der Waals surface area (Å²) in [5.41, 5.74) is 4.40. The van der Waals surface area contributed by atoms with Crippen LogP contribution in [0.15, 0.2) is 66.9 Å². The number of aromatic nitrogens is 2. The average molecular weight is 629 g/mol. The SMILES string of the molecule is CC(=O)Nc1ccc(/C=C/C(=O)NCC(=O)N(C)c2ccc(Cl)c(COc3cccc4ncc(C)nc34)c2Cl)cc1.Cl. The molecule has 0 spiro atoms. The van der Waals surface area contributed by atoms with Crippen LogP contribution >= 0.6 is 35.6 Å². The molecule has 3 amide bonds. The number of para-hydroxylation sites is 1. The molecule has 0 aliphatic carbocycles. The number of anilines is 2. The fourth-order valence-corrected chi connectivity index (χ4v) is 4.47. The van der Waals surface area contributed by atoms with Crippen LogP contribution in [0.1, 0.15) is 23.7 Å². The van der Waals surface area contributed by atoms with Crippen molar-refractivity contribution in [2.24, 2.45) is 0 Å². The van der Waals surface area contributed by atoms with Gasteiger partial charge in [0.25, 0.3) is 0 Å². The molecule has 1 aromatic heterocycles. The first-order chi connectivity index (χ1) is 19.6. The zero-order chi connectivity index (χ0) is 29.5. The van der Waals surface area contributed by atoms with Crippen LogP contribution in [0.5, 0.6) is 5.75 Å². The molecule has 0 saturated heterocycles. The van der Waals surface area contributed by atoms with E-state index in [1.54, 1.807) is 61.8 Å². The molecule has 0 fully saturated rings. The van der Waals surface area contributed by atoms with Gasteiger partial charge in [-0.05, 0) is 55.0 Å². The topological polar surface area (TPSA) is 114 Å². The maximum Gasteiger partial charge on any atom is 0.246 e. The smallest absolute Gasteiger partial charge is 0.246 e. The van der Waals surface area contributed by atoms with Crippen molar-refractivity contribution in [3.63, 3.8) is 0 Å². The van der Waals surface area contributed by atoms with E-state index in [0.717, 1.165) is 11.3 Å². The molecule has 0 bridgehead atoms. The van der Waals surface area contributed by atoms with Gasteiger partial charge in [-0.1, -0.05) is 41.4 Å². The number of benzene rings is 3. The summed E-state index contributed by atoms with van der Waals surface area (Å²) in [6.45, 7) is 3.06. The maximum atomic E-state index is 12.9. The molecule has 12 heteroatoms. The number of aryl methyl sites for hydroxylation is 1. The van der Waals surface area contributed by atoms with E-state index < -0.39 is 5.91 Å². The number of halogens is 3. The molecule has 0 radical (unpaired) electrons. The minimum atomic E-state index is -0.442. The van der Waals surface area contributed by atoms with Gasteiger partial charge in [0.05, 0.1) is 28.5 Å². The Morgan fingerprint density at radius 2 is 1.79 bits per heavy atom. The zero-order valence-corrected chi connectivity index (χ0v) is 25.3. The van der Waals surface area contributed by atoms with Crippen LogP contribution in [0.2, 0.25) is 10.0 Å². The van der Waals surface area contributed by atoms with Crippen LogP contribution in [0.3, 0.4) is 0 Å². The largest absolute Gasteiger partial charge is 0.486 e. The van der Waals surface area contributed by atoms with E-state index in [9.17, 15) is 14.4 Å². The standard InChI is InChI=1S/C30H27Cl2N5O4.ClH/c1-18-15-33-24-5-4-6-26(30(24)35-18)41-17-22-23(31)12-13-25(29(22)32)37(3)28(40)16-34-27(39)14-9-20-7-10-21(11-8-20)36-19(2)38;/h4-15H,16-17H2,1-3H3,(H,34,39)(H,36,38);1H/b14-9+;. The number of hydrogen-bond donors (Lipinski definition) is 2. The zero-order valence-electron chi connectivity index (χ0n) is 23.0. The van der Waals surface area contributed by atoms with Crippen LogP contribution in [0, 0.1) is 6.92 Å². The van der Waals surface area contributed by atoms with Gasteiger partial charge in [0.15, 0.2) is 0 Å². The number of carbonyl (C=O) groups is 3. The number of rotatable bonds is 9. The lowest BCUT2D eigenvalue weighted by Crippen LogP contribution is -2.37. The van der Waals surface area contributed by atoms with Crippen molar-refractivity contribution in [3.8, 4) is 5.75 Å². The summed E-state index contributed by atoms with van der Waals surface area (Å²) in [5.74, 6) is -0.470. The first kappa shape index (κ1) is 32.3. The molecule has 42 heavy (non-hydrogen) atoms. The van der Waals surface area contributed by atoms with Crippen molar-refractivity contribution < 1.29 is 19.1 Å². The third-order valence-corrected chi connectivity index (χ3v) is 6.78. The van der Waals surface area contributed by atoms with Gasteiger partial charge in [-0.2, -0.15) is 0 Å². The Morgan fingerprint density at radius 1 is 1.05 bits per heavy atom. The van der Waals surface area contributed by atoms with Crippen LogP contribution in [0.4, 0.5) is 11.4 Å². The Bertz CT molecular complexity index is 1640.